The molecule has 0 aliphatic heterocycles. The maximum Gasteiger partial charge on any atom is 0.407 e. The van der Waals surface area contributed by atoms with Gasteiger partial charge in [0.05, 0.1) is 0 Å². The molecule has 0 aromatic heterocycles. The molecule has 2 N–H and O–H groups in total. The topological polar surface area (TPSA) is 76.7 Å². The van der Waals surface area contributed by atoms with Crippen LogP contribution in [0.3, 0.4) is 0 Å². The number of hydrogen-bond donors (Lipinski definition) is 2. The molecule has 0 saturated carbocycles. The van der Waals surface area contributed by atoms with Crippen molar-refractivity contribution >= 4 is 12.1 Å². The Bertz CT molecular complexity index is 603. The van der Waals surface area contributed by atoms with E-state index < -0.39 is 23.3 Å². The molecule has 1 rings (SSSR count). The average Bonchev–Trinajstić information content (AvgIpc) is 2.49. The summed E-state index contributed by atoms with van der Waals surface area (Å²) in [7, 11) is 0. The molecule has 0 aliphatic carbocycles. The van der Waals surface area contributed by atoms with Crippen molar-refractivity contribution in [2.24, 2.45) is 0 Å². The first-order valence-electron chi connectivity index (χ1n) is 9.35. The number of amides is 1. The summed E-state index contributed by atoms with van der Waals surface area (Å²) in [5.74, 6) is -0.321. The Hall–Kier alpha value is -2.08. The monoisotopic (exact) mass is 378 g/mol. The summed E-state index contributed by atoms with van der Waals surface area (Å²) < 4.78 is 10.7. The summed E-state index contributed by atoms with van der Waals surface area (Å²) >= 11 is 0. The molecule has 0 radical (unpaired) electrons. The standard InChI is InChI=1S/C21H34N2O4/c1-15(18(24)26-20(2,3)4)22-14-17(13-16-11-9-8-10-12-16)23-19(25)27-21(5,6)7/h8-12,15,17,22H,13-14H2,1-7H3,(H,23,25)/t15-,17-/m0/s1. The van der Waals surface area contributed by atoms with Crippen molar-refractivity contribution in [3.8, 4) is 0 Å². The first kappa shape index (κ1) is 23.0. The molecular formula is C21H34N2O4. The number of benzene rings is 1. The predicted molar refractivity (Wildman–Crippen MR) is 107 cm³/mol. The van der Waals surface area contributed by atoms with E-state index in [4.69, 9.17) is 9.47 Å². The van der Waals surface area contributed by atoms with E-state index in [2.05, 4.69) is 10.6 Å². The van der Waals surface area contributed by atoms with Gasteiger partial charge in [-0.15, -0.1) is 0 Å². The third-order valence-corrected chi connectivity index (χ3v) is 3.48. The molecule has 0 aliphatic rings. The normalized spacial score (nSPS) is 14.2. The molecule has 0 heterocycles. The summed E-state index contributed by atoms with van der Waals surface area (Å²) in [6.07, 6.45) is 0.142. The second-order valence-corrected chi connectivity index (χ2v) is 8.70. The quantitative estimate of drug-likeness (QED) is 0.711. The number of carbonyl (C=O) groups excluding carboxylic acids is 2. The molecule has 152 valence electrons. The first-order valence-corrected chi connectivity index (χ1v) is 9.35. The highest BCUT2D eigenvalue weighted by atomic mass is 16.6. The predicted octanol–water partition coefficient (Wildman–Crippen LogP) is 3.44. The number of alkyl carbamates (subject to hydrolysis) is 1. The Labute approximate surface area is 163 Å². The Morgan fingerprint density at radius 2 is 1.52 bits per heavy atom. The van der Waals surface area contributed by atoms with Crippen molar-refractivity contribution < 1.29 is 19.1 Å². The minimum atomic E-state index is -0.571. The fourth-order valence-electron chi connectivity index (χ4n) is 2.34. The van der Waals surface area contributed by atoms with Crippen LogP contribution in [-0.4, -0.2) is 41.9 Å². The molecule has 0 unspecified atom stereocenters. The molecule has 0 spiro atoms. The van der Waals surface area contributed by atoms with Crippen LogP contribution >= 0.6 is 0 Å². The lowest BCUT2D eigenvalue weighted by Gasteiger charge is -2.26. The van der Waals surface area contributed by atoms with Crippen molar-refractivity contribution in [1.82, 2.24) is 10.6 Å². The van der Waals surface area contributed by atoms with Gasteiger partial charge in [0.15, 0.2) is 0 Å². The Morgan fingerprint density at radius 3 is 2.04 bits per heavy atom. The van der Waals surface area contributed by atoms with E-state index in [0.29, 0.717) is 13.0 Å². The van der Waals surface area contributed by atoms with Gasteiger partial charge in [-0.2, -0.15) is 0 Å². The average molecular weight is 379 g/mol. The van der Waals surface area contributed by atoms with Crippen LogP contribution in [0.4, 0.5) is 4.79 Å². The molecule has 6 nitrogen and oxygen atoms in total. The zero-order chi connectivity index (χ0) is 20.7. The first-order chi connectivity index (χ1) is 12.4. The molecule has 0 saturated heterocycles. The lowest BCUT2D eigenvalue weighted by atomic mass is 10.1. The number of esters is 1. The molecule has 6 heteroatoms. The summed E-state index contributed by atoms with van der Waals surface area (Å²) in [4.78, 5) is 24.3. The third-order valence-electron chi connectivity index (χ3n) is 3.48. The zero-order valence-corrected chi connectivity index (χ0v) is 17.6. The summed E-state index contributed by atoms with van der Waals surface area (Å²) in [5.41, 5.74) is -0.0191. The lowest BCUT2D eigenvalue weighted by Crippen LogP contribution is -2.49. The maximum absolute atomic E-state index is 12.2. The van der Waals surface area contributed by atoms with E-state index >= 15 is 0 Å². The van der Waals surface area contributed by atoms with Crippen LogP contribution in [0.25, 0.3) is 0 Å². The van der Waals surface area contributed by atoms with Crippen LogP contribution in [0.5, 0.6) is 0 Å². The molecule has 0 fully saturated rings. The third kappa shape index (κ3) is 10.6. The molecule has 2 atom stereocenters. The fourth-order valence-corrected chi connectivity index (χ4v) is 2.34. The van der Waals surface area contributed by atoms with E-state index in [1.807, 2.05) is 71.9 Å². The lowest BCUT2D eigenvalue weighted by molar-refractivity contribution is -0.156. The molecule has 27 heavy (non-hydrogen) atoms. The van der Waals surface area contributed by atoms with Crippen molar-refractivity contribution in [2.45, 2.75) is 78.2 Å². The van der Waals surface area contributed by atoms with Gasteiger partial charge in [-0.25, -0.2) is 4.79 Å². The van der Waals surface area contributed by atoms with Crippen LogP contribution in [-0.2, 0) is 20.7 Å². The Balaban J connectivity index is 2.70. The number of carbonyl (C=O) groups is 2. The van der Waals surface area contributed by atoms with Gasteiger partial charge in [0.1, 0.15) is 17.2 Å². The van der Waals surface area contributed by atoms with E-state index in [1.54, 1.807) is 6.92 Å². The van der Waals surface area contributed by atoms with E-state index in [9.17, 15) is 9.59 Å². The maximum atomic E-state index is 12.2. The summed E-state index contributed by atoms with van der Waals surface area (Å²) in [6.45, 7) is 13.1. The Kier molecular flexibility index (Phi) is 8.28. The second kappa shape index (κ2) is 9.74. The number of nitrogens with one attached hydrogen (secondary N) is 2. The van der Waals surface area contributed by atoms with E-state index in [0.717, 1.165) is 5.56 Å². The SMILES string of the molecule is C[C@H](NC[C@H](Cc1ccccc1)NC(=O)OC(C)(C)C)C(=O)OC(C)(C)C. The van der Waals surface area contributed by atoms with Gasteiger partial charge in [0.25, 0.3) is 0 Å². The number of hydrogen-bond acceptors (Lipinski definition) is 5. The Morgan fingerprint density at radius 1 is 0.963 bits per heavy atom. The summed E-state index contributed by atoms with van der Waals surface area (Å²) in [6, 6.07) is 9.15. The highest BCUT2D eigenvalue weighted by molar-refractivity contribution is 5.75. The van der Waals surface area contributed by atoms with Crippen molar-refractivity contribution in [2.75, 3.05) is 6.54 Å². The molecular weight excluding hydrogens is 344 g/mol. The van der Waals surface area contributed by atoms with Crippen LogP contribution in [0, 0.1) is 0 Å². The molecule has 1 aromatic carbocycles. The van der Waals surface area contributed by atoms with Crippen molar-refractivity contribution in [3.05, 3.63) is 35.9 Å². The van der Waals surface area contributed by atoms with Gasteiger partial charge in [-0.05, 0) is 60.5 Å². The second-order valence-electron chi connectivity index (χ2n) is 8.70. The van der Waals surface area contributed by atoms with Gasteiger partial charge < -0.3 is 20.1 Å². The van der Waals surface area contributed by atoms with Gasteiger partial charge in [-0.3, -0.25) is 4.79 Å². The van der Waals surface area contributed by atoms with Gasteiger partial charge >= 0.3 is 12.1 Å². The molecule has 1 amide bonds. The smallest absolute Gasteiger partial charge is 0.407 e. The van der Waals surface area contributed by atoms with E-state index in [1.165, 1.54) is 0 Å². The van der Waals surface area contributed by atoms with Crippen LogP contribution in [0.15, 0.2) is 30.3 Å². The van der Waals surface area contributed by atoms with Gasteiger partial charge in [0, 0.05) is 12.6 Å². The van der Waals surface area contributed by atoms with Crippen LogP contribution in [0.1, 0.15) is 54.0 Å². The summed E-state index contributed by atoms with van der Waals surface area (Å²) in [5, 5.41) is 6.04. The number of rotatable bonds is 7. The minimum Gasteiger partial charge on any atom is -0.459 e. The van der Waals surface area contributed by atoms with Gasteiger partial charge in [-0.1, -0.05) is 30.3 Å². The van der Waals surface area contributed by atoms with E-state index in [-0.39, 0.29) is 12.0 Å². The minimum absolute atomic E-state index is 0.230. The zero-order valence-electron chi connectivity index (χ0n) is 17.6. The van der Waals surface area contributed by atoms with Crippen molar-refractivity contribution in [3.63, 3.8) is 0 Å². The highest BCUT2D eigenvalue weighted by Crippen LogP contribution is 2.10. The largest absolute Gasteiger partial charge is 0.459 e. The van der Waals surface area contributed by atoms with Gasteiger partial charge in [0.2, 0.25) is 0 Å². The molecule has 0 bridgehead atoms. The fraction of sp³-hybridized carbons (Fsp3) is 0.619. The highest BCUT2D eigenvalue weighted by Gasteiger charge is 2.24. The van der Waals surface area contributed by atoms with Crippen LogP contribution in [0.2, 0.25) is 0 Å². The molecule has 1 aromatic rings. The van der Waals surface area contributed by atoms with Crippen LogP contribution < -0.4 is 10.6 Å². The number of ether oxygens (including phenoxy) is 2. The van der Waals surface area contributed by atoms with Crippen molar-refractivity contribution in [1.29, 1.82) is 0 Å².